The summed E-state index contributed by atoms with van der Waals surface area (Å²) in [6.07, 6.45) is 1.25. The molecule has 4 aromatic rings. The van der Waals surface area contributed by atoms with E-state index in [1.165, 1.54) is 17.7 Å². The zero-order valence-electron chi connectivity index (χ0n) is 33.2. The third-order valence-electron chi connectivity index (χ3n) is 11.6. The average Bonchev–Trinajstić information content (AvgIpc) is 3.58. The van der Waals surface area contributed by atoms with Crippen LogP contribution in [0.15, 0.2) is 41.2 Å². The number of pyridine rings is 2. The number of nitrogens with one attached hydrogen (secondary N) is 3. The molecule has 0 saturated carbocycles. The van der Waals surface area contributed by atoms with E-state index in [0.717, 1.165) is 10.5 Å². The summed E-state index contributed by atoms with van der Waals surface area (Å²) in [6.45, 7) is 4.86. The minimum absolute atomic E-state index is 0.0227. The number of urea groups is 1. The number of anilines is 1. The molecule has 310 valence electrons. The standard InChI is InChI=1S/C42H46FN7O9/c1-5-42(57)28-15-32-36-26(17-50(32)38(53)27(28)20-58-39(42)54)35-30(13-12-25-22(3)29(43)16-31(48-36)34(25)35)47-33(51)18-49(4)41(56)59-19-23-8-10-24(11-9-23)46-37(52)21(2)7-6-14-45-40(44)55/h8-11,15-16,21,30,57H,5-7,12-14,17-20H2,1-4H3,(H,46,52)(H,47,51)(H3,44,45,55)/t21-,30-,42-/m0/s1. The Morgan fingerprint density at radius 2 is 1.90 bits per heavy atom. The number of aliphatic hydroxyl groups is 1. The van der Waals surface area contributed by atoms with E-state index in [9.17, 15) is 33.9 Å². The fraction of sp³-hybridized carbons (Fsp3) is 0.405. The van der Waals surface area contributed by atoms with Crippen molar-refractivity contribution in [3.05, 3.63) is 91.5 Å². The molecule has 2 aromatic heterocycles. The van der Waals surface area contributed by atoms with Crippen LogP contribution in [0.25, 0.3) is 22.3 Å². The summed E-state index contributed by atoms with van der Waals surface area (Å²) in [7, 11) is 1.44. The highest BCUT2D eigenvalue weighted by Gasteiger charge is 2.46. The summed E-state index contributed by atoms with van der Waals surface area (Å²) in [6, 6.07) is 8.53. The smallest absolute Gasteiger partial charge is 0.410 e. The van der Waals surface area contributed by atoms with Crippen molar-refractivity contribution < 1.29 is 42.9 Å². The first kappa shape index (κ1) is 40.8. The van der Waals surface area contributed by atoms with Crippen LogP contribution in [-0.2, 0) is 55.6 Å². The highest BCUT2D eigenvalue weighted by atomic mass is 19.1. The summed E-state index contributed by atoms with van der Waals surface area (Å²) in [5, 5.41) is 20.4. The van der Waals surface area contributed by atoms with Gasteiger partial charge >= 0.3 is 18.1 Å². The number of likely N-dealkylation sites (N-methyl/N-ethyl adjacent to an activating group) is 1. The molecular weight excluding hydrogens is 765 g/mol. The van der Waals surface area contributed by atoms with Gasteiger partial charge in [0.25, 0.3) is 5.56 Å². The van der Waals surface area contributed by atoms with Gasteiger partial charge in [0, 0.05) is 47.8 Å². The molecule has 0 fully saturated rings. The van der Waals surface area contributed by atoms with Gasteiger partial charge in [-0.3, -0.25) is 14.4 Å². The molecule has 4 heterocycles. The molecule has 7 rings (SSSR count). The zero-order chi connectivity index (χ0) is 42.3. The summed E-state index contributed by atoms with van der Waals surface area (Å²) < 4.78 is 27.5. The number of nitrogens with zero attached hydrogens (tertiary/aromatic N) is 3. The Kier molecular flexibility index (Phi) is 11.2. The van der Waals surface area contributed by atoms with Gasteiger partial charge in [-0.1, -0.05) is 26.0 Å². The Morgan fingerprint density at radius 1 is 1.15 bits per heavy atom. The van der Waals surface area contributed by atoms with E-state index in [2.05, 4.69) is 16.0 Å². The van der Waals surface area contributed by atoms with Crippen LogP contribution in [0.1, 0.15) is 84.5 Å². The first-order chi connectivity index (χ1) is 28.1. The van der Waals surface area contributed by atoms with Gasteiger partial charge in [-0.15, -0.1) is 0 Å². The normalized spacial score (nSPS) is 17.9. The number of amides is 5. The summed E-state index contributed by atoms with van der Waals surface area (Å²) in [4.78, 5) is 82.5. The number of benzene rings is 2. The maximum atomic E-state index is 15.3. The van der Waals surface area contributed by atoms with Crippen LogP contribution in [-0.4, -0.2) is 69.6 Å². The van der Waals surface area contributed by atoms with Crippen molar-refractivity contribution >= 4 is 46.5 Å². The van der Waals surface area contributed by atoms with E-state index in [-0.39, 0.29) is 55.7 Å². The van der Waals surface area contributed by atoms with Gasteiger partial charge in [0.1, 0.15) is 25.6 Å². The van der Waals surface area contributed by atoms with Crippen molar-refractivity contribution in [1.82, 2.24) is 25.1 Å². The van der Waals surface area contributed by atoms with E-state index >= 15 is 4.39 Å². The molecule has 17 heteroatoms. The maximum absolute atomic E-state index is 15.3. The van der Waals surface area contributed by atoms with E-state index in [1.807, 2.05) is 0 Å². The molecule has 59 heavy (non-hydrogen) atoms. The Labute approximate surface area is 338 Å². The third kappa shape index (κ3) is 7.69. The minimum Gasteiger partial charge on any atom is -0.458 e. The highest BCUT2D eigenvalue weighted by molar-refractivity contribution is 5.94. The van der Waals surface area contributed by atoms with Gasteiger partial charge in [-0.2, -0.15) is 0 Å². The number of carbonyl (C=O) groups is 5. The number of aromatic nitrogens is 2. The van der Waals surface area contributed by atoms with Crippen LogP contribution in [0.2, 0.25) is 0 Å². The zero-order valence-corrected chi connectivity index (χ0v) is 33.2. The largest absolute Gasteiger partial charge is 0.458 e. The van der Waals surface area contributed by atoms with Gasteiger partial charge < -0.3 is 45.7 Å². The van der Waals surface area contributed by atoms with Crippen molar-refractivity contribution in [2.24, 2.45) is 11.7 Å². The van der Waals surface area contributed by atoms with Gasteiger partial charge in [0.15, 0.2) is 5.60 Å². The summed E-state index contributed by atoms with van der Waals surface area (Å²) in [5.74, 6) is -2.23. The number of ether oxygens (including phenoxy) is 2. The number of fused-ring (bicyclic) bond motifs is 5. The minimum atomic E-state index is -2.02. The van der Waals surface area contributed by atoms with Crippen LogP contribution in [0.5, 0.6) is 0 Å². The second kappa shape index (κ2) is 16.1. The molecule has 0 bridgehead atoms. The van der Waals surface area contributed by atoms with E-state index in [1.54, 1.807) is 51.1 Å². The lowest BCUT2D eigenvalue weighted by molar-refractivity contribution is -0.172. The van der Waals surface area contributed by atoms with Gasteiger partial charge in [-0.25, -0.2) is 23.8 Å². The summed E-state index contributed by atoms with van der Waals surface area (Å²) >= 11 is 0. The van der Waals surface area contributed by atoms with Crippen LogP contribution >= 0.6 is 0 Å². The number of cyclic esters (lactones) is 1. The second-order valence-corrected chi connectivity index (χ2v) is 15.4. The number of primary amides is 1. The monoisotopic (exact) mass is 811 g/mol. The second-order valence-electron chi connectivity index (χ2n) is 15.4. The molecule has 0 spiro atoms. The Balaban J connectivity index is 1.04. The SMILES string of the molecule is CC[C@@]1(O)C(=O)OCc2c1cc1n(c2=O)Cc2c-1nc1cc(F)c(C)c3c1c2[C@@H](NC(=O)CN(C)C(=O)OCc1ccc(NC(=O)[C@@H](C)CCCNC(N)=O)cc1)CC3. The van der Waals surface area contributed by atoms with Crippen LogP contribution in [0, 0.1) is 18.7 Å². The first-order valence-electron chi connectivity index (χ1n) is 19.5. The molecule has 3 aliphatic rings. The molecule has 6 N–H and O–H groups in total. The van der Waals surface area contributed by atoms with Gasteiger partial charge in [0.05, 0.1) is 35.1 Å². The summed E-state index contributed by atoms with van der Waals surface area (Å²) in [5.41, 5.74) is 7.81. The molecule has 0 saturated heterocycles. The van der Waals surface area contributed by atoms with Crippen LogP contribution in [0.3, 0.4) is 0 Å². The maximum Gasteiger partial charge on any atom is 0.410 e. The lowest BCUT2D eigenvalue weighted by Crippen LogP contribution is -2.44. The first-order valence-corrected chi connectivity index (χ1v) is 19.5. The predicted molar refractivity (Wildman–Crippen MR) is 212 cm³/mol. The molecule has 2 aromatic carbocycles. The number of rotatable bonds is 12. The number of nitrogens with two attached hydrogens (primary N) is 1. The van der Waals surface area contributed by atoms with E-state index in [0.29, 0.717) is 82.5 Å². The van der Waals surface area contributed by atoms with Crippen LogP contribution in [0.4, 0.5) is 19.7 Å². The lowest BCUT2D eigenvalue weighted by atomic mass is 9.81. The van der Waals surface area contributed by atoms with Gasteiger partial charge in [0.2, 0.25) is 11.8 Å². The number of carbonyl (C=O) groups excluding carboxylic acids is 5. The molecule has 1 aliphatic carbocycles. The molecular formula is C42H46FN7O9. The van der Waals surface area contributed by atoms with Crippen molar-refractivity contribution in [3.63, 3.8) is 0 Å². The number of aryl methyl sites for hydroxylation is 1. The average molecular weight is 812 g/mol. The van der Waals surface area contributed by atoms with E-state index in [4.69, 9.17) is 20.2 Å². The van der Waals surface area contributed by atoms with Crippen molar-refractivity contribution in [1.29, 1.82) is 0 Å². The Bertz CT molecular complexity index is 2470. The lowest BCUT2D eigenvalue weighted by Gasteiger charge is -2.31. The van der Waals surface area contributed by atoms with Crippen molar-refractivity contribution in [2.75, 3.05) is 25.5 Å². The predicted octanol–water partition coefficient (Wildman–Crippen LogP) is 3.92. The fourth-order valence-electron chi connectivity index (χ4n) is 8.17. The van der Waals surface area contributed by atoms with Crippen LogP contribution < -0.4 is 27.2 Å². The molecule has 0 radical (unpaired) electrons. The Morgan fingerprint density at radius 3 is 2.61 bits per heavy atom. The highest BCUT2D eigenvalue weighted by Crippen LogP contribution is 2.46. The number of hydrogen-bond acceptors (Lipinski definition) is 10. The van der Waals surface area contributed by atoms with E-state index < -0.39 is 47.0 Å². The molecule has 5 amide bonds. The van der Waals surface area contributed by atoms with Crippen molar-refractivity contribution in [3.8, 4) is 11.4 Å². The van der Waals surface area contributed by atoms with Crippen molar-refractivity contribution in [2.45, 2.75) is 84.3 Å². The van der Waals surface area contributed by atoms with Gasteiger partial charge in [-0.05, 0) is 79.5 Å². The number of hydrogen-bond donors (Lipinski definition) is 5. The molecule has 0 unspecified atom stereocenters. The molecule has 3 atom stereocenters. The quantitative estimate of drug-likeness (QED) is 0.0902. The number of esters is 1. The fourth-order valence-corrected chi connectivity index (χ4v) is 8.17. The topological polar surface area (TPSA) is 224 Å². The molecule has 16 nitrogen and oxygen atoms in total. The number of halogens is 1. The third-order valence-corrected chi connectivity index (χ3v) is 11.6. The Hall–Kier alpha value is -6.36. The molecule has 2 aliphatic heterocycles.